The molecule has 1 saturated heterocycles. The highest BCUT2D eigenvalue weighted by molar-refractivity contribution is 5.58. The van der Waals surface area contributed by atoms with Gasteiger partial charge in [0.15, 0.2) is 0 Å². The van der Waals surface area contributed by atoms with Crippen molar-refractivity contribution in [1.29, 1.82) is 0 Å². The second-order valence-electron chi connectivity index (χ2n) is 6.86. The molecule has 1 aromatic heterocycles. The summed E-state index contributed by atoms with van der Waals surface area (Å²) in [6, 6.07) is 20.4. The number of aromatic nitrogens is 2. The average Bonchev–Trinajstić information content (AvgIpc) is 2.74. The third-order valence-corrected chi connectivity index (χ3v) is 4.89. The fourth-order valence-electron chi connectivity index (χ4n) is 3.43. The van der Waals surface area contributed by atoms with E-state index in [1.807, 2.05) is 31.2 Å². The number of benzene rings is 2. The number of nitrogens with zero attached hydrogens (tertiary/aromatic N) is 4. The molecule has 0 unspecified atom stereocenters. The zero-order chi connectivity index (χ0) is 19.3. The molecule has 0 saturated carbocycles. The molecule has 1 aliphatic rings. The van der Waals surface area contributed by atoms with Crippen LogP contribution in [-0.2, 0) is 0 Å². The topological polar surface area (TPSA) is 53.5 Å². The molecule has 0 aliphatic carbocycles. The van der Waals surface area contributed by atoms with Crippen molar-refractivity contribution in [2.45, 2.75) is 6.92 Å². The van der Waals surface area contributed by atoms with Gasteiger partial charge < -0.3 is 19.9 Å². The molecule has 0 spiro atoms. The maximum Gasteiger partial charge on any atom is 0.229 e. The summed E-state index contributed by atoms with van der Waals surface area (Å²) in [5, 5.41) is 3.29. The van der Waals surface area contributed by atoms with Crippen LogP contribution in [0.1, 0.15) is 5.69 Å². The first-order valence-corrected chi connectivity index (χ1v) is 9.53. The highest BCUT2D eigenvalue weighted by Crippen LogP contribution is 2.23. The number of nitrogens with one attached hydrogen (secondary N) is 1. The molecule has 2 aromatic carbocycles. The third kappa shape index (κ3) is 4.17. The summed E-state index contributed by atoms with van der Waals surface area (Å²) < 4.78 is 5.29. The van der Waals surface area contributed by atoms with Crippen molar-refractivity contribution in [1.82, 2.24) is 9.97 Å². The van der Waals surface area contributed by atoms with Crippen molar-refractivity contribution in [3.63, 3.8) is 0 Å². The van der Waals surface area contributed by atoms with Crippen LogP contribution >= 0.6 is 0 Å². The Balaban J connectivity index is 1.47. The second kappa shape index (κ2) is 8.17. The number of ether oxygens (including phenoxy) is 1. The van der Waals surface area contributed by atoms with Crippen LogP contribution in [0.25, 0.3) is 0 Å². The fourth-order valence-corrected chi connectivity index (χ4v) is 3.43. The van der Waals surface area contributed by atoms with E-state index >= 15 is 0 Å². The van der Waals surface area contributed by atoms with E-state index in [1.54, 1.807) is 7.11 Å². The van der Waals surface area contributed by atoms with E-state index in [4.69, 9.17) is 9.72 Å². The quantitative estimate of drug-likeness (QED) is 0.731. The van der Waals surface area contributed by atoms with E-state index in [1.165, 1.54) is 5.69 Å². The molecular formula is C22H25N5O. The van der Waals surface area contributed by atoms with Crippen LogP contribution in [0.5, 0.6) is 5.75 Å². The SMILES string of the molecule is COc1cccc(Nc2nc(C)cc(N3CCN(c4ccccc4)CC3)n2)c1. The number of hydrogen-bond donors (Lipinski definition) is 1. The van der Waals surface area contributed by atoms with Crippen molar-refractivity contribution in [3.8, 4) is 5.75 Å². The summed E-state index contributed by atoms with van der Waals surface area (Å²) in [5.41, 5.74) is 3.13. The van der Waals surface area contributed by atoms with Gasteiger partial charge in [0.25, 0.3) is 0 Å². The minimum atomic E-state index is 0.605. The molecule has 1 N–H and O–H groups in total. The number of methoxy groups -OCH3 is 1. The summed E-state index contributed by atoms with van der Waals surface area (Å²) in [4.78, 5) is 14.0. The van der Waals surface area contributed by atoms with Gasteiger partial charge in [0.2, 0.25) is 5.95 Å². The van der Waals surface area contributed by atoms with Crippen LogP contribution in [0.4, 0.5) is 23.1 Å². The lowest BCUT2D eigenvalue weighted by Gasteiger charge is -2.36. The lowest BCUT2D eigenvalue weighted by molar-refractivity contribution is 0.415. The van der Waals surface area contributed by atoms with E-state index in [9.17, 15) is 0 Å². The van der Waals surface area contributed by atoms with Gasteiger partial charge in [-0.05, 0) is 31.2 Å². The minimum Gasteiger partial charge on any atom is -0.497 e. The summed E-state index contributed by atoms with van der Waals surface area (Å²) in [7, 11) is 1.66. The molecule has 0 amide bonds. The Hall–Kier alpha value is -3.28. The van der Waals surface area contributed by atoms with Gasteiger partial charge in [-0.25, -0.2) is 4.98 Å². The standard InChI is InChI=1S/C22H25N5O/c1-17-15-21(25-22(23-17)24-18-7-6-10-20(16-18)28-2)27-13-11-26(12-14-27)19-8-4-3-5-9-19/h3-10,15-16H,11-14H2,1-2H3,(H,23,24,25). The van der Waals surface area contributed by atoms with E-state index < -0.39 is 0 Å². The number of aryl methyl sites for hydroxylation is 1. The number of anilines is 4. The van der Waals surface area contributed by atoms with Crippen LogP contribution in [0.2, 0.25) is 0 Å². The molecule has 0 atom stereocenters. The van der Waals surface area contributed by atoms with Gasteiger partial charge in [-0.15, -0.1) is 0 Å². The highest BCUT2D eigenvalue weighted by atomic mass is 16.5. The molecule has 0 radical (unpaired) electrons. The monoisotopic (exact) mass is 375 g/mol. The molecule has 6 heteroatoms. The smallest absolute Gasteiger partial charge is 0.229 e. The number of hydrogen-bond acceptors (Lipinski definition) is 6. The maximum atomic E-state index is 5.29. The molecule has 3 aromatic rings. The lowest BCUT2D eigenvalue weighted by atomic mass is 10.2. The number of rotatable bonds is 5. The zero-order valence-electron chi connectivity index (χ0n) is 16.3. The minimum absolute atomic E-state index is 0.605. The van der Waals surface area contributed by atoms with Crippen molar-refractivity contribution in [2.24, 2.45) is 0 Å². The normalized spacial score (nSPS) is 14.1. The average molecular weight is 375 g/mol. The summed E-state index contributed by atoms with van der Waals surface area (Å²) in [5.74, 6) is 2.37. The predicted molar refractivity (Wildman–Crippen MR) is 114 cm³/mol. The van der Waals surface area contributed by atoms with Gasteiger partial charge in [-0.3, -0.25) is 0 Å². The zero-order valence-corrected chi connectivity index (χ0v) is 16.3. The van der Waals surface area contributed by atoms with Gasteiger partial charge in [0.1, 0.15) is 11.6 Å². The molecule has 1 aliphatic heterocycles. The van der Waals surface area contributed by atoms with Gasteiger partial charge in [-0.2, -0.15) is 4.98 Å². The van der Waals surface area contributed by atoms with E-state index in [2.05, 4.69) is 56.5 Å². The predicted octanol–water partition coefficient (Wildman–Crippen LogP) is 3.86. The first-order chi connectivity index (χ1) is 13.7. The van der Waals surface area contributed by atoms with Crippen LogP contribution in [-0.4, -0.2) is 43.3 Å². The van der Waals surface area contributed by atoms with Gasteiger partial charge in [0.05, 0.1) is 7.11 Å². The third-order valence-electron chi connectivity index (χ3n) is 4.89. The molecule has 144 valence electrons. The Morgan fingerprint density at radius 1 is 0.857 bits per heavy atom. The molecule has 28 heavy (non-hydrogen) atoms. The Labute approximate surface area is 165 Å². The van der Waals surface area contributed by atoms with Crippen molar-refractivity contribution >= 4 is 23.1 Å². The summed E-state index contributed by atoms with van der Waals surface area (Å²) >= 11 is 0. The Kier molecular flexibility index (Phi) is 5.28. The largest absolute Gasteiger partial charge is 0.497 e. The number of para-hydroxylation sites is 1. The van der Waals surface area contributed by atoms with Gasteiger partial charge in [0, 0.05) is 55.4 Å². The summed E-state index contributed by atoms with van der Waals surface area (Å²) in [6.07, 6.45) is 0. The number of piperazine rings is 1. The second-order valence-corrected chi connectivity index (χ2v) is 6.86. The van der Waals surface area contributed by atoms with Crippen molar-refractivity contribution < 1.29 is 4.74 Å². The lowest BCUT2D eigenvalue weighted by Crippen LogP contribution is -2.46. The van der Waals surface area contributed by atoms with Crippen molar-refractivity contribution in [2.75, 3.05) is 48.4 Å². The molecule has 2 heterocycles. The summed E-state index contributed by atoms with van der Waals surface area (Å²) in [6.45, 7) is 5.83. The fraction of sp³-hybridized carbons (Fsp3) is 0.273. The Morgan fingerprint density at radius 2 is 1.61 bits per heavy atom. The van der Waals surface area contributed by atoms with Gasteiger partial charge in [-0.1, -0.05) is 24.3 Å². The highest BCUT2D eigenvalue weighted by Gasteiger charge is 2.19. The molecule has 6 nitrogen and oxygen atoms in total. The van der Waals surface area contributed by atoms with Crippen LogP contribution in [0, 0.1) is 6.92 Å². The Bertz CT molecular complexity index is 923. The molecule has 4 rings (SSSR count). The van der Waals surface area contributed by atoms with Gasteiger partial charge >= 0.3 is 0 Å². The van der Waals surface area contributed by atoms with E-state index in [0.29, 0.717) is 5.95 Å². The first-order valence-electron chi connectivity index (χ1n) is 9.53. The first kappa shape index (κ1) is 18.1. The molecular weight excluding hydrogens is 350 g/mol. The Morgan fingerprint density at radius 3 is 2.36 bits per heavy atom. The van der Waals surface area contributed by atoms with Crippen molar-refractivity contribution in [3.05, 3.63) is 66.4 Å². The van der Waals surface area contributed by atoms with E-state index in [0.717, 1.165) is 49.1 Å². The van der Waals surface area contributed by atoms with Crippen LogP contribution < -0.4 is 19.9 Å². The maximum absolute atomic E-state index is 5.29. The molecule has 0 bridgehead atoms. The van der Waals surface area contributed by atoms with E-state index in [-0.39, 0.29) is 0 Å². The van der Waals surface area contributed by atoms with Crippen LogP contribution in [0.3, 0.4) is 0 Å². The molecule has 1 fully saturated rings. The van der Waals surface area contributed by atoms with Crippen LogP contribution in [0.15, 0.2) is 60.7 Å².